The van der Waals surface area contributed by atoms with Gasteiger partial charge in [-0.3, -0.25) is 0 Å². The van der Waals surface area contributed by atoms with Crippen molar-refractivity contribution in [3.63, 3.8) is 0 Å². The topological polar surface area (TPSA) is 58.2 Å². The van der Waals surface area contributed by atoms with Crippen LogP contribution in [0.1, 0.15) is 20.3 Å². The summed E-state index contributed by atoms with van der Waals surface area (Å²) in [6.07, 6.45) is 0.624. The average Bonchev–Trinajstić information content (AvgIpc) is 2.58. The van der Waals surface area contributed by atoms with Crippen molar-refractivity contribution in [3.05, 3.63) is 60.7 Å². The van der Waals surface area contributed by atoms with Crippen LogP contribution in [0.25, 0.3) is 0 Å². The Morgan fingerprint density at radius 3 is 1.39 bits per heavy atom. The first-order valence-corrected chi connectivity index (χ1v) is 10.3. The minimum Gasteiger partial charge on any atom is -0.305 e. The van der Waals surface area contributed by atoms with Crippen LogP contribution in [0.3, 0.4) is 0 Å². The van der Waals surface area contributed by atoms with Crippen LogP contribution in [0.2, 0.25) is 0 Å². The molecule has 0 aliphatic heterocycles. The SMILES string of the molecule is CC.O=S(CCCS(=O)Nc1ccccc1)Nc1ccccc1. The summed E-state index contributed by atoms with van der Waals surface area (Å²) in [4.78, 5) is 0. The van der Waals surface area contributed by atoms with E-state index >= 15 is 0 Å². The summed E-state index contributed by atoms with van der Waals surface area (Å²) in [7, 11) is -2.29. The number of anilines is 2. The third-order valence-electron chi connectivity index (χ3n) is 2.67. The first-order chi connectivity index (χ1) is 11.2. The molecule has 0 bridgehead atoms. The van der Waals surface area contributed by atoms with Gasteiger partial charge in [-0.05, 0) is 30.7 Å². The summed E-state index contributed by atoms with van der Waals surface area (Å²) in [6, 6.07) is 18.8. The fraction of sp³-hybridized carbons (Fsp3) is 0.294. The van der Waals surface area contributed by atoms with E-state index in [4.69, 9.17) is 0 Å². The first kappa shape index (κ1) is 19.4. The zero-order valence-electron chi connectivity index (χ0n) is 13.5. The van der Waals surface area contributed by atoms with Gasteiger partial charge in [-0.15, -0.1) is 0 Å². The van der Waals surface area contributed by atoms with E-state index in [2.05, 4.69) is 9.44 Å². The zero-order chi connectivity index (χ0) is 16.9. The van der Waals surface area contributed by atoms with E-state index in [9.17, 15) is 8.42 Å². The van der Waals surface area contributed by atoms with Crippen LogP contribution >= 0.6 is 0 Å². The highest BCUT2D eigenvalue weighted by Crippen LogP contribution is 2.08. The van der Waals surface area contributed by atoms with Crippen LogP contribution in [0.4, 0.5) is 11.4 Å². The second kappa shape index (κ2) is 11.8. The van der Waals surface area contributed by atoms with E-state index in [1.54, 1.807) is 0 Å². The molecule has 0 aliphatic rings. The van der Waals surface area contributed by atoms with Crippen molar-refractivity contribution in [3.8, 4) is 0 Å². The Bertz CT molecular complexity index is 539. The lowest BCUT2D eigenvalue weighted by Crippen LogP contribution is -2.14. The Hall–Kier alpha value is -1.66. The molecule has 0 spiro atoms. The number of benzene rings is 2. The number of para-hydroxylation sites is 2. The highest BCUT2D eigenvalue weighted by Gasteiger charge is 2.03. The molecule has 6 heteroatoms. The molecular formula is C17H24N2O2S2. The third-order valence-corrected chi connectivity index (χ3v) is 4.92. The van der Waals surface area contributed by atoms with Gasteiger partial charge in [-0.25, -0.2) is 8.42 Å². The van der Waals surface area contributed by atoms with Crippen LogP contribution in [0, 0.1) is 0 Å². The van der Waals surface area contributed by atoms with Crippen molar-refractivity contribution in [2.75, 3.05) is 20.9 Å². The summed E-state index contributed by atoms with van der Waals surface area (Å²) in [6.45, 7) is 4.00. The molecule has 0 radical (unpaired) electrons. The molecule has 2 N–H and O–H groups in total. The molecular weight excluding hydrogens is 328 g/mol. The van der Waals surface area contributed by atoms with Crippen molar-refractivity contribution in [2.24, 2.45) is 0 Å². The van der Waals surface area contributed by atoms with Crippen molar-refractivity contribution >= 4 is 33.3 Å². The standard InChI is InChI=1S/C15H18N2O2S2.C2H6/c18-20(16-14-8-3-1-4-9-14)12-7-13-21(19)17-15-10-5-2-6-11-15;1-2/h1-6,8-11,16-17H,7,12-13H2;1-2H3. The average molecular weight is 353 g/mol. The fourth-order valence-corrected chi connectivity index (χ4v) is 3.70. The van der Waals surface area contributed by atoms with Gasteiger partial charge in [0.1, 0.15) is 22.0 Å². The molecule has 2 unspecified atom stereocenters. The lowest BCUT2D eigenvalue weighted by Gasteiger charge is -2.07. The van der Waals surface area contributed by atoms with Gasteiger partial charge in [0, 0.05) is 22.9 Å². The number of rotatable bonds is 8. The molecule has 2 rings (SSSR count). The molecule has 126 valence electrons. The molecule has 0 fully saturated rings. The minimum atomic E-state index is -1.15. The Kier molecular flexibility index (Phi) is 9.99. The van der Waals surface area contributed by atoms with E-state index < -0.39 is 22.0 Å². The molecule has 0 amide bonds. The molecule has 0 saturated carbocycles. The van der Waals surface area contributed by atoms with E-state index in [1.807, 2.05) is 74.5 Å². The highest BCUT2D eigenvalue weighted by atomic mass is 32.2. The summed E-state index contributed by atoms with van der Waals surface area (Å²) >= 11 is 0. The quantitative estimate of drug-likeness (QED) is 0.755. The van der Waals surface area contributed by atoms with Gasteiger partial charge >= 0.3 is 0 Å². The Morgan fingerprint density at radius 1 is 0.696 bits per heavy atom. The van der Waals surface area contributed by atoms with E-state index in [0.29, 0.717) is 17.9 Å². The smallest absolute Gasteiger partial charge is 0.117 e. The molecule has 2 aromatic carbocycles. The molecule has 0 heterocycles. The fourth-order valence-electron chi connectivity index (χ4n) is 1.70. The van der Waals surface area contributed by atoms with Crippen LogP contribution in [0.15, 0.2) is 60.7 Å². The Morgan fingerprint density at radius 2 is 1.04 bits per heavy atom. The second-order valence-electron chi connectivity index (χ2n) is 4.39. The maximum Gasteiger partial charge on any atom is 0.117 e. The number of hydrogen-bond acceptors (Lipinski definition) is 2. The predicted octanol–water partition coefficient (Wildman–Crippen LogP) is 3.95. The van der Waals surface area contributed by atoms with E-state index in [0.717, 1.165) is 11.4 Å². The van der Waals surface area contributed by atoms with Crippen LogP contribution < -0.4 is 9.44 Å². The first-order valence-electron chi connectivity index (χ1n) is 7.64. The van der Waals surface area contributed by atoms with Crippen LogP contribution in [0.5, 0.6) is 0 Å². The maximum atomic E-state index is 11.8. The third kappa shape index (κ3) is 8.52. The van der Waals surface area contributed by atoms with Gasteiger partial charge in [0.25, 0.3) is 0 Å². The van der Waals surface area contributed by atoms with Crippen molar-refractivity contribution in [2.45, 2.75) is 20.3 Å². The predicted molar refractivity (Wildman–Crippen MR) is 102 cm³/mol. The molecule has 23 heavy (non-hydrogen) atoms. The largest absolute Gasteiger partial charge is 0.305 e. The molecule has 0 saturated heterocycles. The molecule has 0 aliphatic carbocycles. The highest BCUT2D eigenvalue weighted by molar-refractivity contribution is 7.87. The van der Waals surface area contributed by atoms with E-state index in [1.165, 1.54) is 0 Å². The molecule has 0 aromatic heterocycles. The van der Waals surface area contributed by atoms with E-state index in [-0.39, 0.29) is 0 Å². The van der Waals surface area contributed by atoms with Crippen molar-refractivity contribution < 1.29 is 8.42 Å². The number of hydrogen-bond donors (Lipinski definition) is 2. The zero-order valence-corrected chi connectivity index (χ0v) is 15.2. The van der Waals surface area contributed by atoms with Gasteiger partial charge in [0.05, 0.1) is 0 Å². The summed E-state index contributed by atoms with van der Waals surface area (Å²) in [5.74, 6) is 0.939. The van der Waals surface area contributed by atoms with Gasteiger partial charge < -0.3 is 9.44 Å². The van der Waals surface area contributed by atoms with Crippen LogP contribution in [-0.4, -0.2) is 19.9 Å². The van der Waals surface area contributed by atoms with Gasteiger partial charge in [-0.1, -0.05) is 50.2 Å². The van der Waals surface area contributed by atoms with Crippen LogP contribution in [-0.2, 0) is 22.0 Å². The lowest BCUT2D eigenvalue weighted by molar-refractivity contribution is 0.682. The minimum absolute atomic E-state index is 0.469. The van der Waals surface area contributed by atoms with Gasteiger partial charge in [-0.2, -0.15) is 0 Å². The molecule has 4 nitrogen and oxygen atoms in total. The normalized spacial score (nSPS) is 12.4. The Labute approximate surface area is 143 Å². The lowest BCUT2D eigenvalue weighted by atomic mass is 10.3. The number of nitrogens with one attached hydrogen (secondary N) is 2. The maximum absolute atomic E-state index is 11.8. The van der Waals surface area contributed by atoms with Gasteiger partial charge in [0.2, 0.25) is 0 Å². The summed E-state index contributed by atoms with van der Waals surface area (Å²) < 4.78 is 29.5. The molecule has 2 atom stereocenters. The van der Waals surface area contributed by atoms with Crippen molar-refractivity contribution in [1.82, 2.24) is 0 Å². The van der Waals surface area contributed by atoms with Gasteiger partial charge in [0.15, 0.2) is 0 Å². The second-order valence-corrected chi connectivity index (χ2v) is 7.00. The summed E-state index contributed by atoms with van der Waals surface area (Å²) in [5.41, 5.74) is 1.67. The Balaban J connectivity index is 0.00000127. The molecule has 2 aromatic rings. The summed E-state index contributed by atoms with van der Waals surface area (Å²) in [5, 5.41) is 0. The monoisotopic (exact) mass is 352 g/mol. The van der Waals surface area contributed by atoms with Crippen molar-refractivity contribution in [1.29, 1.82) is 0 Å².